The quantitative estimate of drug-likeness (QED) is 0.609. The molecule has 0 aliphatic heterocycles. The zero-order chi connectivity index (χ0) is 16.2. The molecule has 0 spiro atoms. The third kappa shape index (κ3) is 7.80. The van der Waals surface area contributed by atoms with E-state index >= 15 is 0 Å². The minimum absolute atomic E-state index is 0.285. The summed E-state index contributed by atoms with van der Waals surface area (Å²) in [6.07, 6.45) is -9.42. The maximum atomic E-state index is 13.4. The van der Waals surface area contributed by atoms with Gasteiger partial charge in [-0.25, -0.2) is 17.6 Å². The summed E-state index contributed by atoms with van der Waals surface area (Å²) in [6.45, 7) is -5.37. The number of hydrogen-bond acceptors (Lipinski definition) is 3. The van der Waals surface area contributed by atoms with Crippen molar-refractivity contribution in [2.24, 2.45) is 0 Å². The number of ether oxygens (including phenoxy) is 3. The van der Waals surface area contributed by atoms with E-state index in [2.05, 4.69) is 14.2 Å². The van der Waals surface area contributed by atoms with Crippen molar-refractivity contribution in [2.75, 3.05) is 13.2 Å². The number of halogens is 8. The summed E-state index contributed by atoms with van der Waals surface area (Å²) < 4.78 is 109. The molecule has 0 radical (unpaired) electrons. The van der Waals surface area contributed by atoms with Crippen molar-refractivity contribution in [1.29, 1.82) is 0 Å². The molecule has 0 aliphatic carbocycles. The molecule has 0 amide bonds. The highest BCUT2D eigenvalue weighted by molar-refractivity contribution is 4.69. The van der Waals surface area contributed by atoms with Gasteiger partial charge in [0.2, 0.25) is 11.7 Å². The third-order valence-electron chi connectivity index (χ3n) is 1.70. The van der Waals surface area contributed by atoms with Crippen molar-refractivity contribution in [3.63, 3.8) is 0 Å². The Hall–Kier alpha value is -0.680. The third-order valence-corrected chi connectivity index (χ3v) is 1.70. The highest BCUT2D eigenvalue weighted by atomic mass is 19.3. The lowest BCUT2D eigenvalue weighted by Gasteiger charge is -2.29. The Balaban J connectivity index is 4.40. The molecule has 122 valence electrons. The Labute approximate surface area is 108 Å². The van der Waals surface area contributed by atoms with Crippen molar-refractivity contribution in [2.45, 2.75) is 44.7 Å². The van der Waals surface area contributed by atoms with Gasteiger partial charge >= 0.3 is 19.1 Å². The molecular formula is C9H12F8O3. The predicted molar refractivity (Wildman–Crippen MR) is 49.0 cm³/mol. The first-order valence-corrected chi connectivity index (χ1v) is 5.05. The normalized spacial score (nSPS) is 19.2. The summed E-state index contributed by atoms with van der Waals surface area (Å²) in [7, 11) is 0. The zero-order valence-electron chi connectivity index (χ0n) is 10.3. The molecule has 0 bridgehead atoms. The molecule has 0 N–H and O–H groups in total. The fourth-order valence-electron chi connectivity index (χ4n) is 0.891. The number of hydrogen-bond donors (Lipinski definition) is 0. The lowest BCUT2D eigenvalue weighted by molar-refractivity contribution is -0.379. The van der Waals surface area contributed by atoms with Crippen LogP contribution < -0.4 is 0 Å². The maximum Gasteiger partial charge on any atom is 0.419 e. The van der Waals surface area contributed by atoms with Crippen molar-refractivity contribution in [1.82, 2.24) is 0 Å². The smallest absolute Gasteiger partial charge is 0.338 e. The van der Waals surface area contributed by atoms with Gasteiger partial charge in [-0.1, -0.05) is 0 Å². The summed E-state index contributed by atoms with van der Waals surface area (Å²) in [6, 6.07) is 0. The van der Waals surface area contributed by atoms with E-state index in [1.165, 1.54) is 0 Å². The highest BCUT2D eigenvalue weighted by Gasteiger charge is 2.49. The molecule has 0 fully saturated rings. The van der Waals surface area contributed by atoms with E-state index in [1.54, 1.807) is 0 Å². The van der Waals surface area contributed by atoms with Gasteiger partial charge in [-0.15, -0.1) is 0 Å². The van der Waals surface area contributed by atoms with Gasteiger partial charge in [0.1, 0.15) is 13.2 Å². The number of alkyl halides is 8. The van der Waals surface area contributed by atoms with Gasteiger partial charge in [0, 0.05) is 0 Å². The Morgan fingerprint density at radius 3 is 1.75 bits per heavy atom. The molecule has 0 aromatic carbocycles. The lowest BCUT2D eigenvalue weighted by Crippen LogP contribution is -2.44. The molecule has 0 aliphatic rings. The van der Waals surface area contributed by atoms with E-state index in [9.17, 15) is 35.1 Å². The van der Waals surface area contributed by atoms with Crippen LogP contribution in [0, 0.1) is 0 Å². The van der Waals surface area contributed by atoms with Gasteiger partial charge < -0.3 is 9.47 Å². The van der Waals surface area contributed by atoms with E-state index in [1.807, 2.05) is 0 Å². The topological polar surface area (TPSA) is 27.7 Å². The first-order chi connectivity index (χ1) is 8.77. The van der Waals surface area contributed by atoms with Crippen LogP contribution in [-0.4, -0.2) is 44.1 Å². The van der Waals surface area contributed by atoms with E-state index in [4.69, 9.17) is 0 Å². The van der Waals surface area contributed by atoms with Crippen LogP contribution in [0.2, 0.25) is 0 Å². The van der Waals surface area contributed by atoms with Crippen molar-refractivity contribution in [3.8, 4) is 0 Å². The first-order valence-electron chi connectivity index (χ1n) is 5.05. The first kappa shape index (κ1) is 19.3. The predicted octanol–water partition coefficient (Wildman–Crippen LogP) is 3.49. The van der Waals surface area contributed by atoms with Gasteiger partial charge in [-0.05, 0) is 13.8 Å². The van der Waals surface area contributed by atoms with Gasteiger partial charge in [-0.2, -0.15) is 17.6 Å². The molecular weight excluding hydrogens is 308 g/mol. The minimum Gasteiger partial charge on any atom is -0.338 e. The van der Waals surface area contributed by atoms with E-state index < -0.39 is 44.1 Å². The van der Waals surface area contributed by atoms with Gasteiger partial charge in [0.25, 0.3) is 0 Å². The second kappa shape index (κ2) is 6.85. The lowest BCUT2D eigenvalue weighted by atomic mass is 10.3. The van der Waals surface area contributed by atoms with E-state index in [0.29, 0.717) is 6.92 Å². The SMILES string of the molecule is CC(F)(COC(F)F)OCC(C)(F)OC(F)(F)C(F)F. The summed E-state index contributed by atoms with van der Waals surface area (Å²) in [5.41, 5.74) is 0. The van der Waals surface area contributed by atoms with Crippen LogP contribution in [0.25, 0.3) is 0 Å². The molecule has 11 heteroatoms. The van der Waals surface area contributed by atoms with Crippen LogP contribution in [-0.2, 0) is 14.2 Å². The van der Waals surface area contributed by atoms with E-state index in [0.717, 1.165) is 0 Å². The molecule has 0 saturated heterocycles. The van der Waals surface area contributed by atoms with Crippen LogP contribution in [0.15, 0.2) is 0 Å². The Morgan fingerprint density at radius 1 is 0.850 bits per heavy atom. The second-order valence-electron chi connectivity index (χ2n) is 4.03. The molecule has 2 atom stereocenters. The minimum atomic E-state index is -5.11. The monoisotopic (exact) mass is 320 g/mol. The molecule has 0 saturated carbocycles. The summed E-state index contributed by atoms with van der Waals surface area (Å²) in [5, 5.41) is 0. The molecule has 0 rings (SSSR count). The fraction of sp³-hybridized carbons (Fsp3) is 1.00. The second-order valence-corrected chi connectivity index (χ2v) is 4.03. The van der Waals surface area contributed by atoms with E-state index in [-0.39, 0.29) is 6.92 Å². The molecule has 3 nitrogen and oxygen atoms in total. The summed E-state index contributed by atoms with van der Waals surface area (Å²) >= 11 is 0. The largest absolute Gasteiger partial charge is 0.419 e. The van der Waals surface area contributed by atoms with Crippen molar-refractivity contribution in [3.05, 3.63) is 0 Å². The molecule has 20 heavy (non-hydrogen) atoms. The molecule has 0 heterocycles. The summed E-state index contributed by atoms with van der Waals surface area (Å²) in [5.74, 6) is -6.43. The van der Waals surface area contributed by atoms with Crippen LogP contribution in [0.5, 0.6) is 0 Å². The average molecular weight is 320 g/mol. The van der Waals surface area contributed by atoms with Gasteiger partial charge in [0.05, 0.1) is 0 Å². The van der Waals surface area contributed by atoms with Crippen molar-refractivity contribution >= 4 is 0 Å². The van der Waals surface area contributed by atoms with Crippen LogP contribution in [0.4, 0.5) is 35.1 Å². The zero-order valence-corrected chi connectivity index (χ0v) is 10.3. The Kier molecular flexibility index (Phi) is 6.62. The van der Waals surface area contributed by atoms with Crippen molar-refractivity contribution < 1.29 is 49.3 Å². The molecule has 2 unspecified atom stereocenters. The fourth-order valence-corrected chi connectivity index (χ4v) is 0.891. The maximum absolute atomic E-state index is 13.4. The number of rotatable bonds is 9. The molecule has 0 aromatic rings. The van der Waals surface area contributed by atoms with Gasteiger partial charge in [0.15, 0.2) is 0 Å². The van der Waals surface area contributed by atoms with Gasteiger partial charge in [-0.3, -0.25) is 4.74 Å². The van der Waals surface area contributed by atoms with Crippen LogP contribution in [0.3, 0.4) is 0 Å². The Morgan fingerprint density at radius 2 is 1.35 bits per heavy atom. The molecule has 0 aromatic heterocycles. The van der Waals surface area contributed by atoms with Crippen LogP contribution in [0.1, 0.15) is 13.8 Å². The summed E-state index contributed by atoms with van der Waals surface area (Å²) in [4.78, 5) is 0. The highest BCUT2D eigenvalue weighted by Crippen LogP contribution is 2.31. The van der Waals surface area contributed by atoms with Crippen LogP contribution >= 0.6 is 0 Å². The Bertz CT molecular complexity index is 295. The average Bonchev–Trinajstić information content (AvgIpc) is 2.23. The standard InChI is InChI=1S/C9H12F8O3/c1-7(14,3-18-6(12)13)19-4-8(2,15)20-9(16,17)5(10)11/h5-6H,3-4H2,1-2H3.